The van der Waals surface area contributed by atoms with Crippen LogP contribution in [-0.2, 0) is 14.8 Å². The van der Waals surface area contributed by atoms with Gasteiger partial charge in [0.05, 0.1) is 11.8 Å². The molecule has 2 bridgehead atoms. The topological polar surface area (TPSA) is 80.5 Å². The van der Waals surface area contributed by atoms with E-state index in [9.17, 15) is 13.2 Å². The predicted octanol–water partition coefficient (Wildman–Crippen LogP) is 2.85. The molecule has 3 unspecified atom stereocenters. The molecule has 1 aliphatic heterocycles. The number of hydrogen-bond donors (Lipinski definition) is 0. The van der Waals surface area contributed by atoms with Crippen LogP contribution in [0.2, 0.25) is 0 Å². The zero-order chi connectivity index (χ0) is 18.0. The van der Waals surface area contributed by atoms with E-state index in [1.165, 1.54) is 0 Å². The van der Waals surface area contributed by atoms with Gasteiger partial charge in [-0.1, -0.05) is 19.0 Å². The average Bonchev–Trinajstić information content (AvgIpc) is 3.24. The highest BCUT2D eigenvalue weighted by Gasteiger charge is 2.65. The maximum atomic E-state index is 13.3. The van der Waals surface area contributed by atoms with Crippen LogP contribution in [0.15, 0.2) is 10.6 Å². The Labute approximate surface area is 149 Å². The van der Waals surface area contributed by atoms with E-state index in [0.29, 0.717) is 36.8 Å². The maximum absolute atomic E-state index is 13.3. The lowest BCUT2D eigenvalue weighted by atomic mass is 9.70. The summed E-state index contributed by atoms with van der Waals surface area (Å²) in [6, 6.07) is 1.54. The van der Waals surface area contributed by atoms with Crippen molar-refractivity contribution in [3.63, 3.8) is 0 Å². The molecular weight excluding hydrogens is 340 g/mol. The van der Waals surface area contributed by atoms with Gasteiger partial charge in [-0.15, -0.1) is 0 Å². The Hall–Kier alpha value is -1.21. The monoisotopic (exact) mass is 366 g/mol. The molecule has 3 fully saturated rings. The summed E-state index contributed by atoms with van der Waals surface area (Å²) in [4.78, 5) is 12.7. The molecule has 138 valence electrons. The van der Waals surface area contributed by atoms with Gasteiger partial charge in [0.2, 0.25) is 10.0 Å². The second-order valence-electron chi connectivity index (χ2n) is 8.55. The Morgan fingerprint density at radius 2 is 2.12 bits per heavy atom. The highest BCUT2D eigenvalue weighted by molar-refractivity contribution is 7.89. The molecule has 3 atom stereocenters. The van der Waals surface area contributed by atoms with E-state index in [0.717, 1.165) is 19.3 Å². The van der Waals surface area contributed by atoms with E-state index in [-0.39, 0.29) is 23.0 Å². The third-order valence-electron chi connectivity index (χ3n) is 7.12. The fraction of sp³-hybridized carbons (Fsp3) is 0.778. The number of hydrogen-bond acceptors (Lipinski definition) is 5. The zero-order valence-electron chi connectivity index (χ0n) is 15.1. The standard InChI is InChI=1S/C18H26N2O4S/c1-12-9-14(19-24-12)15-5-4-8-20(15)25(22,23)11-18-7-6-13(10-16(18)21)17(18,2)3/h9,13,15H,4-8,10-11H2,1-3H3. The minimum atomic E-state index is -3.55. The summed E-state index contributed by atoms with van der Waals surface area (Å²) < 4.78 is 33.3. The number of aromatic nitrogens is 1. The minimum Gasteiger partial charge on any atom is -0.361 e. The van der Waals surface area contributed by atoms with Crippen LogP contribution in [0.3, 0.4) is 0 Å². The lowest BCUT2D eigenvalue weighted by Gasteiger charge is -2.37. The van der Waals surface area contributed by atoms with Crippen LogP contribution in [0.1, 0.15) is 63.4 Å². The lowest BCUT2D eigenvalue weighted by molar-refractivity contribution is -0.128. The van der Waals surface area contributed by atoms with Gasteiger partial charge in [0.25, 0.3) is 0 Å². The normalized spacial score (nSPS) is 34.9. The van der Waals surface area contributed by atoms with Crippen LogP contribution in [0.4, 0.5) is 0 Å². The molecule has 6 nitrogen and oxygen atoms in total. The number of nitrogens with zero attached hydrogens (tertiary/aromatic N) is 2. The van der Waals surface area contributed by atoms with Crippen molar-refractivity contribution in [1.29, 1.82) is 0 Å². The van der Waals surface area contributed by atoms with E-state index in [1.54, 1.807) is 4.31 Å². The second kappa shape index (κ2) is 5.39. The molecule has 2 saturated carbocycles. The third kappa shape index (κ3) is 2.35. The summed E-state index contributed by atoms with van der Waals surface area (Å²) >= 11 is 0. The number of ketones is 1. The zero-order valence-corrected chi connectivity index (χ0v) is 15.9. The van der Waals surface area contributed by atoms with Gasteiger partial charge in [0, 0.05) is 24.4 Å². The van der Waals surface area contributed by atoms with Gasteiger partial charge in [-0.3, -0.25) is 4.79 Å². The second-order valence-corrected chi connectivity index (χ2v) is 10.5. The van der Waals surface area contributed by atoms with Crippen molar-refractivity contribution < 1.29 is 17.7 Å². The van der Waals surface area contributed by atoms with Crippen LogP contribution >= 0.6 is 0 Å². The number of carbonyl (C=O) groups is 1. The quantitative estimate of drug-likeness (QED) is 0.818. The van der Waals surface area contributed by atoms with Gasteiger partial charge in [-0.25, -0.2) is 8.42 Å². The number of aryl methyl sites for hydroxylation is 1. The largest absolute Gasteiger partial charge is 0.361 e. The summed E-state index contributed by atoms with van der Waals surface area (Å²) in [6.07, 6.45) is 3.75. The van der Waals surface area contributed by atoms with Crippen molar-refractivity contribution in [3.05, 3.63) is 17.5 Å². The molecule has 7 heteroatoms. The molecule has 3 aliphatic rings. The van der Waals surface area contributed by atoms with E-state index >= 15 is 0 Å². The first kappa shape index (κ1) is 17.2. The Bertz CT molecular complexity index is 813. The molecular formula is C18H26N2O4S. The summed E-state index contributed by atoms with van der Waals surface area (Å²) in [5.74, 6) is 1.09. The van der Waals surface area contributed by atoms with Crippen LogP contribution in [0.5, 0.6) is 0 Å². The summed E-state index contributed by atoms with van der Waals surface area (Å²) in [7, 11) is -3.55. The first-order chi connectivity index (χ1) is 11.7. The number of carbonyl (C=O) groups excluding carboxylic acids is 1. The van der Waals surface area contributed by atoms with Crippen LogP contribution in [0.25, 0.3) is 0 Å². The number of fused-ring (bicyclic) bond motifs is 2. The molecule has 0 spiro atoms. The van der Waals surface area contributed by atoms with Crippen molar-refractivity contribution in [2.45, 2.75) is 58.9 Å². The van der Waals surface area contributed by atoms with Crippen molar-refractivity contribution in [1.82, 2.24) is 9.46 Å². The van der Waals surface area contributed by atoms with Crippen molar-refractivity contribution in [2.75, 3.05) is 12.3 Å². The molecule has 25 heavy (non-hydrogen) atoms. The Morgan fingerprint density at radius 3 is 2.68 bits per heavy atom. The molecule has 0 amide bonds. The molecule has 1 aromatic heterocycles. The molecule has 0 radical (unpaired) electrons. The molecule has 4 rings (SSSR count). The van der Waals surface area contributed by atoms with Gasteiger partial charge in [0.15, 0.2) is 0 Å². The number of Topliss-reactive ketones (excluding diaryl/α,β-unsaturated/α-hetero) is 1. The fourth-order valence-electron chi connectivity index (χ4n) is 5.41. The Balaban J connectivity index is 1.65. The van der Waals surface area contributed by atoms with Gasteiger partial charge in [0.1, 0.15) is 17.2 Å². The SMILES string of the molecule is Cc1cc(C2CCCN2S(=O)(=O)CC23CCC(CC2=O)C3(C)C)no1. The average molecular weight is 366 g/mol. The summed E-state index contributed by atoms with van der Waals surface area (Å²) in [5.41, 5.74) is -0.280. The van der Waals surface area contributed by atoms with Gasteiger partial charge in [-0.2, -0.15) is 4.31 Å². The van der Waals surface area contributed by atoms with Gasteiger partial charge in [-0.05, 0) is 43.9 Å². The maximum Gasteiger partial charge on any atom is 0.215 e. The van der Waals surface area contributed by atoms with Crippen molar-refractivity contribution in [2.24, 2.45) is 16.7 Å². The first-order valence-corrected chi connectivity index (χ1v) is 10.7. The third-order valence-corrected chi connectivity index (χ3v) is 9.13. The van der Waals surface area contributed by atoms with Crippen LogP contribution in [0, 0.1) is 23.7 Å². The highest BCUT2D eigenvalue weighted by Crippen LogP contribution is 2.64. The van der Waals surface area contributed by atoms with Crippen molar-refractivity contribution >= 4 is 15.8 Å². The smallest absolute Gasteiger partial charge is 0.215 e. The Morgan fingerprint density at radius 1 is 1.36 bits per heavy atom. The van der Waals surface area contributed by atoms with Crippen molar-refractivity contribution in [3.8, 4) is 0 Å². The molecule has 2 heterocycles. The molecule has 1 aromatic rings. The highest BCUT2D eigenvalue weighted by atomic mass is 32.2. The fourth-order valence-corrected chi connectivity index (χ4v) is 7.89. The van der Waals surface area contributed by atoms with Gasteiger partial charge < -0.3 is 4.52 Å². The lowest BCUT2D eigenvalue weighted by Crippen LogP contribution is -2.46. The van der Waals surface area contributed by atoms with Gasteiger partial charge >= 0.3 is 0 Å². The van der Waals surface area contributed by atoms with E-state index in [2.05, 4.69) is 19.0 Å². The molecule has 0 aromatic carbocycles. The molecule has 2 aliphatic carbocycles. The molecule has 0 N–H and O–H groups in total. The molecule has 1 saturated heterocycles. The predicted molar refractivity (Wildman–Crippen MR) is 92.3 cm³/mol. The minimum absolute atomic E-state index is 0.0599. The van der Waals surface area contributed by atoms with Crippen LogP contribution in [-0.4, -0.2) is 36.0 Å². The number of rotatable bonds is 4. The van der Waals surface area contributed by atoms with E-state index in [4.69, 9.17) is 4.52 Å². The first-order valence-electron chi connectivity index (χ1n) is 9.13. The summed E-state index contributed by atoms with van der Waals surface area (Å²) in [6.45, 7) is 6.45. The Kier molecular flexibility index (Phi) is 3.71. The summed E-state index contributed by atoms with van der Waals surface area (Å²) in [5, 5.41) is 4.03. The van der Waals surface area contributed by atoms with E-state index in [1.807, 2.05) is 13.0 Å². The van der Waals surface area contributed by atoms with E-state index < -0.39 is 15.4 Å². The number of sulfonamides is 1. The van der Waals surface area contributed by atoms with Crippen LogP contribution < -0.4 is 0 Å².